The molecule has 1 aromatic rings. The number of nitrogens with zero attached hydrogens (tertiary/aromatic N) is 2. The summed E-state index contributed by atoms with van der Waals surface area (Å²) in [5.41, 5.74) is 2.29. The van der Waals surface area contributed by atoms with Crippen LogP contribution in [0.5, 0.6) is 0 Å². The number of rotatable bonds is 8. The highest BCUT2D eigenvalue weighted by atomic mass is 16.5. The molecule has 0 aliphatic rings. The minimum absolute atomic E-state index is 0.478. The van der Waals surface area contributed by atoms with E-state index in [1.54, 1.807) is 7.11 Å². The number of hydrogen-bond donors (Lipinski definition) is 1. The summed E-state index contributed by atoms with van der Waals surface area (Å²) < 4.78 is 5.14. The summed E-state index contributed by atoms with van der Waals surface area (Å²) in [4.78, 5) is 6.68. The van der Waals surface area contributed by atoms with Crippen molar-refractivity contribution in [2.24, 2.45) is 0 Å². The summed E-state index contributed by atoms with van der Waals surface area (Å²) in [6, 6.07) is 4.68. The molecular formula is C14H25N3O. The van der Waals surface area contributed by atoms with Crippen LogP contribution in [-0.4, -0.2) is 37.8 Å². The molecule has 0 radical (unpaired) electrons. The van der Waals surface area contributed by atoms with E-state index >= 15 is 0 Å². The van der Waals surface area contributed by atoms with Gasteiger partial charge < -0.3 is 15.0 Å². The minimum Gasteiger partial charge on any atom is -0.383 e. The molecule has 0 unspecified atom stereocenters. The van der Waals surface area contributed by atoms with Crippen molar-refractivity contribution in [2.75, 3.05) is 31.7 Å². The Balaban J connectivity index is 2.66. The van der Waals surface area contributed by atoms with Crippen LogP contribution < -0.4 is 10.2 Å². The van der Waals surface area contributed by atoms with Crippen LogP contribution >= 0.6 is 0 Å². The van der Waals surface area contributed by atoms with Crippen LogP contribution in [0.3, 0.4) is 0 Å². The van der Waals surface area contributed by atoms with Gasteiger partial charge >= 0.3 is 0 Å². The van der Waals surface area contributed by atoms with Gasteiger partial charge in [0.15, 0.2) is 0 Å². The molecule has 1 N–H and O–H groups in total. The van der Waals surface area contributed by atoms with Gasteiger partial charge in [0.2, 0.25) is 0 Å². The maximum Gasteiger partial charge on any atom is 0.0637 e. The monoisotopic (exact) mass is 251 g/mol. The normalized spacial score (nSPS) is 10.9. The van der Waals surface area contributed by atoms with Crippen molar-refractivity contribution in [1.29, 1.82) is 0 Å². The Morgan fingerprint density at radius 1 is 1.44 bits per heavy atom. The molecule has 18 heavy (non-hydrogen) atoms. The summed E-state index contributed by atoms with van der Waals surface area (Å²) >= 11 is 0. The molecule has 0 fully saturated rings. The number of anilines is 1. The molecule has 0 saturated heterocycles. The molecule has 4 heteroatoms. The molecule has 1 aromatic heterocycles. The van der Waals surface area contributed by atoms with Crippen LogP contribution in [0.25, 0.3) is 0 Å². The predicted octanol–water partition coefficient (Wildman–Crippen LogP) is 2.05. The van der Waals surface area contributed by atoms with Crippen molar-refractivity contribution in [3.63, 3.8) is 0 Å². The van der Waals surface area contributed by atoms with E-state index in [4.69, 9.17) is 4.74 Å². The molecule has 0 amide bonds. The highest BCUT2D eigenvalue weighted by Crippen LogP contribution is 2.14. The minimum atomic E-state index is 0.478. The van der Waals surface area contributed by atoms with Gasteiger partial charge in [-0.1, -0.05) is 13.8 Å². The van der Waals surface area contributed by atoms with Crippen LogP contribution in [0.1, 0.15) is 26.5 Å². The molecule has 0 aromatic carbocycles. The lowest BCUT2D eigenvalue weighted by atomic mass is 10.2. The number of ether oxygens (including phenoxy) is 1. The average Bonchev–Trinajstić information content (AvgIpc) is 2.38. The smallest absolute Gasteiger partial charge is 0.0637 e. The second kappa shape index (κ2) is 8.06. The maximum absolute atomic E-state index is 5.14. The van der Waals surface area contributed by atoms with Gasteiger partial charge in [-0.2, -0.15) is 0 Å². The number of nitrogens with one attached hydrogen (secondary N) is 1. The second-order valence-electron chi connectivity index (χ2n) is 4.61. The molecule has 1 rings (SSSR count). The first-order valence-corrected chi connectivity index (χ1v) is 6.59. The third-order valence-corrected chi connectivity index (χ3v) is 2.80. The van der Waals surface area contributed by atoms with E-state index in [2.05, 4.69) is 48.1 Å². The summed E-state index contributed by atoms with van der Waals surface area (Å²) in [7, 11) is 1.73. The van der Waals surface area contributed by atoms with E-state index in [9.17, 15) is 0 Å². The van der Waals surface area contributed by atoms with Crippen molar-refractivity contribution < 1.29 is 4.74 Å². The zero-order valence-electron chi connectivity index (χ0n) is 11.9. The lowest BCUT2D eigenvalue weighted by molar-refractivity contribution is 0.205. The molecule has 0 saturated carbocycles. The Labute approximate surface area is 110 Å². The van der Waals surface area contributed by atoms with Crippen molar-refractivity contribution >= 4 is 5.69 Å². The van der Waals surface area contributed by atoms with E-state index < -0.39 is 0 Å². The summed E-state index contributed by atoms with van der Waals surface area (Å²) in [5.74, 6) is 0. The van der Waals surface area contributed by atoms with Gasteiger partial charge in [0.1, 0.15) is 0 Å². The topological polar surface area (TPSA) is 37.4 Å². The Hall–Kier alpha value is -1.13. The highest BCUT2D eigenvalue weighted by Gasteiger charge is 2.05. The van der Waals surface area contributed by atoms with E-state index in [1.165, 1.54) is 5.69 Å². The van der Waals surface area contributed by atoms with Gasteiger partial charge in [0, 0.05) is 44.7 Å². The first-order chi connectivity index (χ1) is 8.67. The highest BCUT2D eigenvalue weighted by molar-refractivity contribution is 5.46. The van der Waals surface area contributed by atoms with Crippen LogP contribution in [0, 0.1) is 0 Å². The Morgan fingerprint density at radius 3 is 2.83 bits per heavy atom. The average molecular weight is 251 g/mol. The summed E-state index contributed by atoms with van der Waals surface area (Å²) in [6.07, 6.45) is 1.88. The second-order valence-corrected chi connectivity index (χ2v) is 4.61. The summed E-state index contributed by atoms with van der Waals surface area (Å²) in [5, 5.41) is 3.38. The van der Waals surface area contributed by atoms with Gasteiger partial charge in [0.25, 0.3) is 0 Å². The van der Waals surface area contributed by atoms with E-state index in [0.717, 1.165) is 31.9 Å². The molecule has 0 bridgehead atoms. The molecule has 0 aliphatic heterocycles. The van der Waals surface area contributed by atoms with Gasteiger partial charge in [-0.3, -0.25) is 4.98 Å². The quantitative estimate of drug-likeness (QED) is 0.767. The van der Waals surface area contributed by atoms with Gasteiger partial charge in [-0.15, -0.1) is 0 Å². The van der Waals surface area contributed by atoms with E-state index in [-0.39, 0.29) is 0 Å². The van der Waals surface area contributed by atoms with Gasteiger partial charge in [0.05, 0.1) is 12.3 Å². The Morgan fingerprint density at radius 2 is 2.22 bits per heavy atom. The molecular weight excluding hydrogens is 226 g/mol. The fraction of sp³-hybridized carbons (Fsp3) is 0.643. The number of pyridine rings is 1. The first-order valence-electron chi connectivity index (χ1n) is 6.59. The van der Waals surface area contributed by atoms with Crippen LogP contribution in [-0.2, 0) is 11.3 Å². The standard InChI is InChI=1S/C14H25N3O/c1-5-17(8-9-18-4)14-6-7-15-13(10-14)11-16-12(2)3/h6-7,10,12,16H,5,8-9,11H2,1-4H3. The number of methoxy groups -OCH3 is 1. The third-order valence-electron chi connectivity index (χ3n) is 2.80. The zero-order chi connectivity index (χ0) is 13.4. The lowest BCUT2D eigenvalue weighted by Crippen LogP contribution is -2.27. The van der Waals surface area contributed by atoms with Gasteiger partial charge in [-0.05, 0) is 19.1 Å². The fourth-order valence-corrected chi connectivity index (χ4v) is 1.74. The number of hydrogen-bond acceptors (Lipinski definition) is 4. The molecule has 0 spiro atoms. The van der Waals surface area contributed by atoms with E-state index in [1.807, 2.05) is 6.20 Å². The molecule has 0 atom stereocenters. The zero-order valence-corrected chi connectivity index (χ0v) is 11.9. The Kier molecular flexibility index (Phi) is 6.68. The molecule has 0 aliphatic carbocycles. The largest absolute Gasteiger partial charge is 0.383 e. The third kappa shape index (κ3) is 5.02. The van der Waals surface area contributed by atoms with Crippen molar-refractivity contribution in [3.05, 3.63) is 24.0 Å². The summed E-state index contributed by atoms with van der Waals surface area (Å²) in [6.45, 7) is 9.88. The number of aromatic nitrogens is 1. The maximum atomic E-state index is 5.14. The van der Waals surface area contributed by atoms with Crippen LogP contribution in [0.15, 0.2) is 18.3 Å². The molecule has 102 valence electrons. The van der Waals surface area contributed by atoms with Crippen LogP contribution in [0.4, 0.5) is 5.69 Å². The van der Waals surface area contributed by atoms with Gasteiger partial charge in [-0.25, -0.2) is 0 Å². The van der Waals surface area contributed by atoms with Crippen molar-refractivity contribution in [1.82, 2.24) is 10.3 Å². The lowest BCUT2D eigenvalue weighted by Gasteiger charge is -2.23. The first kappa shape index (κ1) is 14.9. The Bertz CT molecular complexity index is 342. The SMILES string of the molecule is CCN(CCOC)c1ccnc(CNC(C)C)c1. The van der Waals surface area contributed by atoms with Crippen molar-refractivity contribution in [2.45, 2.75) is 33.4 Å². The fourth-order valence-electron chi connectivity index (χ4n) is 1.74. The van der Waals surface area contributed by atoms with Crippen molar-refractivity contribution in [3.8, 4) is 0 Å². The van der Waals surface area contributed by atoms with E-state index in [0.29, 0.717) is 6.04 Å². The number of likely N-dealkylation sites (N-methyl/N-ethyl adjacent to an activating group) is 1. The van der Waals surface area contributed by atoms with Crippen LogP contribution in [0.2, 0.25) is 0 Å². The molecule has 1 heterocycles. The molecule has 4 nitrogen and oxygen atoms in total. The predicted molar refractivity (Wildman–Crippen MR) is 76.0 cm³/mol.